The molecule has 0 bridgehead atoms. The number of rotatable bonds is 5. The van der Waals surface area contributed by atoms with E-state index in [1.165, 1.54) is 24.3 Å². The number of nitrogens with zero attached hydrogens (tertiary/aromatic N) is 3. The Bertz CT molecular complexity index is 1060. The van der Waals surface area contributed by atoms with Crippen molar-refractivity contribution in [2.24, 2.45) is 0 Å². The standard InChI is InChI=1S/C24H25FN4O2/c1-18-4-5-19(16-22(18)28-10-2-3-11-28)24(31)29-14-12-27(13-15-29)17-23(30)26-21-8-6-20(25)7-9-21/h2-11,16H,12-15,17H2,1H3,(H,26,30). The Morgan fingerprint density at radius 3 is 2.32 bits per heavy atom. The number of aromatic nitrogens is 1. The first-order valence-corrected chi connectivity index (χ1v) is 10.3. The van der Waals surface area contributed by atoms with Gasteiger partial charge in [0.05, 0.1) is 6.54 Å². The van der Waals surface area contributed by atoms with Crippen LogP contribution in [0.15, 0.2) is 67.0 Å². The maximum absolute atomic E-state index is 13.0. The van der Waals surface area contributed by atoms with Crippen LogP contribution in [0.4, 0.5) is 10.1 Å². The molecule has 0 aliphatic carbocycles. The van der Waals surface area contributed by atoms with Crippen LogP contribution in [0.2, 0.25) is 0 Å². The van der Waals surface area contributed by atoms with E-state index in [0.717, 1.165) is 11.3 Å². The number of amides is 2. The molecule has 6 nitrogen and oxygen atoms in total. The molecule has 0 spiro atoms. The highest BCUT2D eigenvalue weighted by atomic mass is 19.1. The fraction of sp³-hybridized carbons (Fsp3) is 0.250. The van der Waals surface area contributed by atoms with Crippen molar-refractivity contribution in [3.05, 3.63) is 83.9 Å². The molecule has 1 saturated heterocycles. The van der Waals surface area contributed by atoms with Crippen LogP contribution in [0.3, 0.4) is 0 Å². The number of hydrogen-bond donors (Lipinski definition) is 1. The number of carbonyl (C=O) groups excluding carboxylic acids is 2. The minimum absolute atomic E-state index is 0.00354. The smallest absolute Gasteiger partial charge is 0.254 e. The topological polar surface area (TPSA) is 57.6 Å². The van der Waals surface area contributed by atoms with Gasteiger partial charge in [-0.3, -0.25) is 14.5 Å². The molecule has 1 fully saturated rings. The first-order chi connectivity index (χ1) is 15.0. The van der Waals surface area contributed by atoms with Crippen LogP contribution < -0.4 is 5.32 Å². The summed E-state index contributed by atoms with van der Waals surface area (Å²) < 4.78 is 15.0. The van der Waals surface area contributed by atoms with E-state index in [1.807, 2.05) is 64.0 Å². The van der Waals surface area contributed by atoms with Gasteiger partial charge in [-0.25, -0.2) is 4.39 Å². The van der Waals surface area contributed by atoms with Crippen LogP contribution in [0, 0.1) is 12.7 Å². The van der Waals surface area contributed by atoms with Gasteiger partial charge in [-0.1, -0.05) is 6.07 Å². The first kappa shape index (κ1) is 20.8. The number of piperazine rings is 1. The van der Waals surface area contributed by atoms with Gasteiger partial charge in [0.1, 0.15) is 5.82 Å². The molecule has 3 aromatic rings. The van der Waals surface area contributed by atoms with E-state index < -0.39 is 0 Å². The summed E-state index contributed by atoms with van der Waals surface area (Å²) in [6.07, 6.45) is 3.93. The number of anilines is 1. The number of nitrogens with one attached hydrogen (secondary N) is 1. The Labute approximate surface area is 180 Å². The summed E-state index contributed by atoms with van der Waals surface area (Å²) in [6.45, 7) is 4.64. The van der Waals surface area contributed by atoms with E-state index in [4.69, 9.17) is 0 Å². The highest BCUT2D eigenvalue weighted by Crippen LogP contribution is 2.18. The van der Waals surface area contributed by atoms with Crippen LogP contribution in [0.25, 0.3) is 5.69 Å². The van der Waals surface area contributed by atoms with Gasteiger partial charge in [0, 0.05) is 55.5 Å². The first-order valence-electron chi connectivity index (χ1n) is 10.3. The lowest BCUT2D eigenvalue weighted by Crippen LogP contribution is -2.50. The summed E-state index contributed by atoms with van der Waals surface area (Å²) in [5.74, 6) is -0.488. The van der Waals surface area contributed by atoms with Gasteiger partial charge in [0.25, 0.3) is 5.91 Å². The molecular weight excluding hydrogens is 395 g/mol. The Hall–Kier alpha value is -3.45. The van der Waals surface area contributed by atoms with Crippen molar-refractivity contribution in [3.8, 4) is 5.69 Å². The summed E-state index contributed by atoms with van der Waals surface area (Å²) in [5, 5.41) is 2.77. The fourth-order valence-corrected chi connectivity index (χ4v) is 3.74. The van der Waals surface area contributed by atoms with Crippen molar-refractivity contribution in [2.45, 2.75) is 6.92 Å². The Morgan fingerprint density at radius 2 is 1.65 bits per heavy atom. The lowest BCUT2D eigenvalue weighted by molar-refractivity contribution is -0.117. The lowest BCUT2D eigenvalue weighted by atomic mass is 10.1. The third-order valence-corrected chi connectivity index (χ3v) is 5.49. The molecule has 7 heteroatoms. The summed E-state index contributed by atoms with van der Waals surface area (Å²) in [4.78, 5) is 29.1. The van der Waals surface area contributed by atoms with Gasteiger partial charge in [0.15, 0.2) is 0 Å². The zero-order chi connectivity index (χ0) is 21.8. The van der Waals surface area contributed by atoms with Crippen LogP contribution in [0.5, 0.6) is 0 Å². The molecule has 2 amide bonds. The van der Waals surface area contributed by atoms with E-state index in [2.05, 4.69) is 5.32 Å². The molecule has 2 aromatic carbocycles. The molecule has 1 aliphatic heterocycles. The van der Waals surface area contributed by atoms with Crippen LogP contribution in [0.1, 0.15) is 15.9 Å². The van der Waals surface area contributed by atoms with Gasteiger partial charge in [-0.05, 0) is 61.0 Å². The molecule has 1 aliphatic rings. The van der Waals surface area contributed by atoms with Crippen LogP contribution in [-0.4, -0.2) is 58.9 Å². The van der Waals surface area contributed by atoms with E-state index in [9.17, 15) is 14.0 Å². The van der Waals surface area contributed by atoms with Crippen LogP contribution >= 0.6 is 0 Å². The van der Waals surface area contributed by atoms with Gasteiger partial charge >= 0.3 is 0 Å². The molecule has 0 atom stereocenters. The number of benzene rings is 2. The van der Waals surface area contributed by atoms with Crippen molar-refractivity contribution in [1.29, 1.82) is 0 Å². The molecule has 0 unspecified atom stereocenters. The second-order valence-electron chi connectivity index (χ2n) is 7.71. The molecule has 1 N–H and O–H groups in total. The van der Waals surface area contributed by atoms with Gasteiger partial charge in [-0.2, -0.15) is 0 Å². The molecule has 2 heterocycles. The van der Waals surface area contributed by atoms with E-state index >= 15 is 0 Å². The normalized spacial score (nSPS) is 14.5. The minimum atomic E-state index is -0.340. The maximum Gasteiger partial charge on any atom is 0.254 e. The van der Waals surface area contributed by atoms with Gasteiger partial charge < -0.3 is 14.8 Å². The monoisotopic (exact) mass is 420 g/mol. The summed E-state index contributed by atoms with van der Waals surface area (Å²) in [7, 11) is 0. The number of aryl methyl sites for hydroxylation is 1. The van der Waals surface area contributed by atoms with Gasteiger partial charge in [0.2, 0.25) is 5.91 Å². The largest absolute Gasteiger partial charge is 0.336 e. The SMILES string of the molecule is Cc1ccc(C(=O)N2CCN(CC(=O)Nc3ccc(F)cc3)CC2)cc1-n1cccc1. The van der Waals surface area contributed by atoms with Crippen molar-refractivity contribution >= 4 is 17.5 Å². The molecule has 4 rings (SSSR count). The van der Waals surface area contributed by atoms with Crippen molar-refractivity contribution in [2.75, 3.05) is 38.0 Å². The molecule has 0 radical (unpaired) electrons. The van der Waals surface area contributed by atoms with Crippen molar-refractivity contribution in [3.63, 3.8) is 0 Å². The van der Waals surface area contributed by atoms with E-state index in [1.54, 1.807) is 0 Å². The second kappa shape index (κ2) is 9.14. The Balaban J connectivity index is 1.32. The number of halogens is 1. The molecule has 160 valence electrons. The highest BCUT2D eigenvalue weighted by molar-refractivity contribution is 5.95. The number of carbonyl (C=O) groups is 2. The molecule has 31 heavy (non-hydrogen) atoms. The zero-order valence-electron chi connectivity index (χ0n) is 17.4. The maximum atomic E-state index is 13.0. The Morgan fingerprint density at radius 1 is 0.968 bits per heavy atom. The lowest BCUT2D eigenvalue weighted by Gasteiger charge is -2.34. The predicted octanol–water partition coefficient (Wildman–Crippen LogP) is 3.32. The average molecular weight is 420 g/mol. The van der Waals surface area contributed by atoms with E-state index in [0.29, 0.717) is 37.4 Å². The quantitative estimate of drug-likeness (QED) is 0.689. The molecule has 0 saturated carbocycles. The second-order valence-corrected chi connectivity index (χ2v) is 7.71. The molecule has 1 aromatic heterocycles. The van der Waals surface area contributed by atoms with Gasteiger partial charge in [-0.15, -0.1) is 0 Å². The van der Waals surface area contributed by atoms with Crippen LogP contribution in [-0.2, 0) is 4.79 Å². The fourth-order valence-electron chi connectivity index (χ4n) is 3.74. The predicted molar refractivity (Wildman–Crippen MR) is 118 cm³/mol. The molecular formula is C24H25FN4O2. The highest BCUT2D eigenvalue weighted by Gasteiger charge is 2.24. The van der Waals surface area contributed by atoms with E-state index in [-0.39, 0.29) is 24.2 Å². The number of hydrogen-bond acceptors (Lipinski definition) is 3. The zero-order valence-corrected chi connectivity index (χ0v) is 17.4. The van der Waals surface area contributed by atoms with Crippen molar-refractivity contribution in [1.82, 2.24) is 14.4 Å². The summed E-state index contributed by atoms with van der Waals surface area (Å²) in [6, 6.07) is 15.4. The third kappa shape index (κ3) is 5.00. The minimum Gasteiger partial charge on any atom is -0.336 e. The summed E-state index contributed by atoms with van der Waals surface area (Å²) >= 11 is 0. The van der Waals surface area contributed by atoms with Crippen molar-refractivity contribution < 1.29 is 14.0 Å². The Kier molecular flexibility index (Phi) is 6.13. The average Bonchev–Trinajstić information content (AvgIpc) is 3.30. The summed E-state index contributed by atoms with van der Waals surface area (Å²) in [5.41, 5.74) is 3.33. The third-order valence-electron chi connectivity index (χ3n) is 5.49.